The van der Waals surface area contributed by atoms with Crippen LogP contribution in [-0.4, -0.2) is 5.75 Å². The molecule has 0 aliphatic carbocycles. The fourth-order valence-corrected chi connectivity index (χ4v) is 2.58. The number of hydrogen-bond acceptors (Lipinski definition) is 2. The second-order valence-corrected chi connectivity index (χ2v) is 4.10. The molecule has 1 aromatic rings. The van der Waals surface area contributed by atoms with Crippen molar-refractivity contribution in [2.45, 2.75) is 10.9 Å². The number of fused-ring (bicyclic) bond motifs is 1. The highest BCUT2D eigenvalue weighted by Crippen LogP contribution is 2.37. The topological polar surface area (TPSA) is 26.0 Å². The van der Waals surface area contributed by atoms with Gasteiger partial charge in [0.15, 0.2) is 0 Å². The lowest BCUT2D eigenvalue weighted by molar-refractivity contribution is 0.834. The summed E-state index contributed by atoms with van der Waals surface area (Å²) in [6.07, 6.45) is 0. The van der Waals surface area contributed by atoms with Crippen molar-refractivity contribution in [1.29, 1.82) is 0 Å². The van der Waals surface area contributed by atoms with Gasteiger partial charge in [0, 0.05) is 21.7 Å². The van der Waals surface area contributed by atoms with Crippen LogP contribution < -0.4 is 5.73 Å². The van der Waals surface area contributed by atoms with Crippen LogP contribution in [0.25, 0.3) is 0 Å². The number of thioether (sulfide) groups is 1. The lowest BCUT2D eigenvalue weighted by Gasteiger charge is -2.01. The van der Waals surface area contributed by atoms with Crippen molar-refractivity contribution in [3.05, 3.63) is 28.8 Å². The molecular formula is C8H8ClNS. The third-order valence-electron chi connectivity index (χ3n) is 1.79. The van der Waals surface area contributed by atoms with E-state index in [1.54, 1.807) is 11.8 Å². The second-order valence-electron chi connectivity index (χ2n) is 2.60. The molecule has 0 aromatic heterocycles. The molecule has 0 spiro atoms. The van der Waals surface area contributed by atoms with Crippen LogP contribution in [0.3, 0.4) is 0 Å². The SMILES string of the molecule is NC1CSc2cc(Cl)ccc21. The van der Waals surface area contributed by atoms with Crippen molar-refractivity contribution in [3.8, 4) is 0 Å². The molecule has 1 nitrogen and oxygen atoms in total. The number of nitrogens with two attached hydrogens (primary N) is 1. The van der Waals surface area contributed by atoms with Crippen LogP contribution in [0.2, 0.25) is 5.02 Å². The van der Waals surface area contributed by atoms with Crippen molar-refractivity contribution < 1.29 is 0 Å². The van der Waals surface area contributed by atoms with Gasteiger partial charge in [0.1, 0.15) is 0 Å². The molecular weight excluding hydrogens is 178 g/mol. The van der Waals surface area contributed by atoms with Crippen molar-refractivity contribution in [2.24, 2.45) is 5.73 Å². The van der Waals surface area contributed by atoms with Crippen molar-refractivity contribution in [1.82, 2.24) is 0 Å². The predicted molar refractivity (Wildman–Crippen MR) is 49.1 cm³/mol. The third kappa shape index (κ3) is 1.26. The van der Waals surface area contributed by atoms with Gasteiger partial charge in [-0.25, -0.2) is 0 Å². The fourth-order valence-electron chi connectivity index (χ4n) is 1.21. The highest BCUT2D eigenvalue weighted by atomic mass is 35.5. The maximum absolute atomic E-state index is 5.83. The van der Waals surface area contributed by atoms with Crippen molar-refractivity contribution in [3.63, 3.8) is 0 Å². The predicted octanol–water partition coefficient (Wildman–Crippen LogP) is 2.45. The molecule has 58 valence electrons. The van der Waals surface area contributed by atoms with Crippen LogP contribution in [0, 0.1) is 0 Å². The first kappa shape index (κ1) is 7.47. The Hall–Kier alpha value is -0.180. The van der Waals surface area contributed by atoms with Crippen LogP contribution in [0.1, 0.15) is 11.6 Å². The molecule has 1 unspecified atom stereocenters. The zero-order valence-corrected chi connectivity index (χ0v) is 7.45. The van der Waals surface area contributed by atoms with Crippen molar-refractivity contribution >= 4 is 23.4 Å². The van der Waals surface area contributed by atoms with Crippen LogP contribution in [0.15, 0.2) is 23.1 Å². The van der Waals surface area contributed by atoms with E-state index in [2.05, 4.69) is 0 Å². The monoisotopic (exact) mass is 185 g/mol. The van der Waals surface area contributed by atoms with Crippen LogP contribution in [-0.2, 0) is 0 Å². The van der Waals surface area contributed by atoms with Gasteiger partial charge in [-0.15, -0.1) is 11.8 Å². The normalized spacial score (nSPS) is 21.8. The van der Waals surface area contributed by atoms with E-state index in [-0.39, 0.29) is 6.04 Å². The van der Waals surface area contributed by atoms with Crippen LogP contribution in [0.4, 0.5) is 0 Å². The van der Waals surface area contributed by atoms with E-state index >= 15 is 0 Å². The molecule has 11 heavy (non-hydrogen) atoms. The highest BCUT2D eigenvalue weighted by Gasteiger charge is 2.18. The minimum Gasteiger partial charge on any atom is -0.323 e. The molecule has 0 fully saturated rings. The van der Waals surface area contributed by atoms with Gasteiger partial charge in [0.05, 0.1) is 0 Å². The van der Waals surface area contributed by atoms with E-state index in [9.17, 15) is 0 Å². The number of halogens is 1. The summed E-state index contributed by atoms with van der Waals surface area (Å²) in [5.41, 5.74) is 7.07. The molecule has 1 aromatic carbocycles. The van der Waals surface area contributed by atoms with Crippen LogP contribution in [0.5, 0.6) is 0 Å². The van der Waals surface area contributed by atoms with Gasteiger partial charge < -0.3 is 5.73 Å². The van der Waals surface area contributed by atoms with E-state index in [0.717, 1.165) is 10.8 Å². The first-order valence-electron chi connectivity index (χ1n) is 3.45. The third-order valence-corrected chi connectivity index (χ3v) is 3.22. The van der Waals surface area contributed by atoms with Gasteiger partial charge in [-0.2, -0.15) is 0 Å². The highest BCUT2D eigenvalue weighted by molar-refractivity contribution is 7.99. The van der Waals surface area contributed by atoms with Gasteiger partial charge in [-0.05, 0) is 17.7 Å². The van der Waals surface area contributed by atoms with Gasteiger partial charge in [0.25, 0.3) is 0 Å². The Morgan fingerprint density at radius 1 is 1.55 bits per heavy atom. The largest absolute Gasteiger partial charge is 0.323 e. The van der Waals surface area contributed by atoms with Gasteiger partial charge >= 0.3 is 0 Å². The summed E-state index contributed by atoms with van der Waals surface area (Å²) in [4.78, 5) is 1.24. The molecule has 3 heteroatoms. The van der Waals surface area contributed by atoms with Crippen molar-refractivity contribution in [2.75, 3.05) is 5.75 Å². The molecule has 1 aliphatic heterocycles. The summed E-state index contributed by atoms with van der Waals surface area (Å²) >= 11 is 7.60. The summed E-state index contributed by atoms with van der Waals surface area (Å²) in [5, 5.41) is 0.797. The Bertz CT molecular complexity index is 287. The maximum Gasteiger partial charge on any atom is 0.0417 e. The molecule has 0 amide bonds. The Labute approximate surface area is 74.9 Å². The summed E-state index contributed by atoms with van der Waals surface area (Å²) in [6.45, 7) is 0. The average molecular weight is 186 g/mol. The molecule has 0 radical (unpaired) electrons. The molecule has 1 heterocycles. The standard InChI is InChI=1S/C8H8ClNS/c9-5-1-2-6-7(10)4-11-8(6)3-5/h1-3,7H,4,10H2. The molecule has 0 bridgehead atoms. The lowest BCUT2D eigenvalue weighted by Crippen LogP contribution is -2.07. The molecule has 1 aliphatic rings. The Morgan fingerprint density at radius 3 is 3.18 bits per heavy atom. The van der Waals surface area contributed by atoms with E-state index in [1.807, 2.05) is 18.2 Å². The van der Waals surface area contributed by atoms with E-state index < -0.39 is 0 Å². The number of benzene rings is 1. The molecule has 2 N–H and O–H groups in total. The lowest BCUT2D eigenvalue weighted by atomic mass is 10.1. The number of hydrogen-bond donors (Lipinski definition) is 1. The summed E-state index contributed by atoms with van der Waals surface area (Å²) < 4.78 is 0. The first-order chi connectivity index (χ1) is 5.27. The Morgan fingerprint density at radius 2 is 2.36 bits per heavy atom. The summed E-state index contributed by atoms with van der Waals surface area (Å²) in [6, 6.07) is 6.09. The van der Waals surface area contributed by atoms with Gasteiger partial charge in [0.2, 0.25) is 0 Å². The summed E-state index contributed by atoms with van der Waals surface area (Å²) in [7, 11) is 0. The van der Waals surface area contributed by atoms with E-state index in [1.165, 1.54) is 10.5 Å². The molecule has 2 rings (SSSR count). The van der Waals surface area contributed by atoms with Crippen LogP contribution >= 0.6 is 23.4 Å². The molecule has 0 saturated carbocycles. The Kier molecular flexibility index (Phi) is 1.83. The molecule has 1 atom stereocenters. The zero-order chi connectivity index (χ0) is 7.84. The quantitative estimate of drug-likeness (QED) is 0.672. The van der Waals surface area contributed by atoms with Gasteiger partial charge in [-0.1, -0.05) is 17.7 Å². The minimum atomic E-state index is 0.201. The minimum absolute atomic E-state index is 0.201. The fraction of sp³-hybridized carbons (Fsp3) is 0.250. The smallest absolute Gasteiger partial charge is 0.0417 e. The molecule has 0 saturated heterocycles. The zero-order valence-electron chi connectivity index (χ0n) is 5.88. The van der Waals surface area contributed by atoms with E-state index in [0.29, 0.717) is 0 Å². The Balaban J connectivity index is 2.50. The summed E-state index contributed by atoms with van der Waals surface area (Å²) in [5.74, 6) is 0.982. The first-order valence-corrected chi connectivity index (χ1v) is 4.81. The number of rotatable bonds is 0. The van der Waals surface area contributed by atoms with Gasteiger partial charge in [-0.3, -0.25) is 0 Å². The second kappa shape index (κ2) is 2.70. The average Bonchev–Trinajstić information content (AvgIpc) is 2.32. The maximum atomic E-state index is 5.83. The van der Waals surface area contributed by atoms with E-state index in [4.69, 9.17) is 17.3 Å².